The molecular formula is C15H29N3. The molecule has 1 saturated heterocycles. The molecule has 1 heterocycles. The highest BCUT2D eigenvalue weighted by atomic mass is 15.3. The Hall–Kier alpha value is -0.570. The predicted octanol–water partition coefficient (Wildman–Crippen LogP) is 2.96. The summed E-state index contributed by atoms with van der Waals surface area (Å²) in [7, 11) is 0. The molecule has 18 heavy (non-hydrogen) atoms. The highest BCUT2D eigenvalue weighted by Gasteiger charge is 2.30. The number of nitrogens with one attached hydrogen (secondary N) is 1. The van der Waals surface area contributed by atoms with Crippen LogP contribution in [-0.2, 0) is 0 Å². The Kier molecular flexibility index (Phi) is 5.04. The van der Waals surface area contributed by atoms with Crippen molar-refractivity contribution in [1.29, 1.82) is 5.41 Å². The van der Waals surface area contributed by atoms with E-state index >= 15 is 0 Å². The van der Waals surface area contributed by atoms with E-state index in [1.165, 1.54) is 38.5 Å². The number of hydrogen-bond donors (Lipinski definition) is 1. The van der Waals surface area contributed by atoms with Crippen LogP contribution >= 0.6 is 0 Å². The molecule has 3 nitrogen and oxygen atoms in total. The Bertz CT molecular complexity index is 267. The molecule has 2 fully saturated rings. The van der Waals surface area contributed by atoms with Gasteiger partial charge in [-0.2, -0.15) is 0 Å². The van der Waals surface area contributed by atoms with E-state index in [4.69, 9.17) is 5.41 Å². The molecule has 1 aliphatic heterocycles. The zero-order chi connectivity index (χ0) is 13.0. The molecule has 3 heteroatoms. The molecule has 0 aromatic heterocycles. The van der Waals surface area contributed by atoms with Crippen molar-refractivity contribution in [2.24, 2.45) is 5.92 Å². The molecule has 104 valence electrons. The van der Waals surface area contributed by atoms with Crippen LogP contribution in [0.5, 0.6) is 0 Å². The number of likely N-dealkylation sites (N-methyl/N-ethyl adjacent to an activating group) is 1. The van der Waals surface area contributed by atoms with Crippen LogP contribution in [-0.4, -0.2) is 47.9 Å². The summed E-state index contributed by atoms with van der Waals surface area (Å²) in [4.78, 5) is 4.91. The normalized spacial score (nSPS) is 25.9. The molecule has 1 N–H and O–H groups in total. The van der Waals surface area contributed by atoms with Crippen LogP contribution in [0.1, 0.15) is 52.4 Å². The SMILES string of the molecule is CCN(CC)C1CCN(C(=N)C2CCCCC2)C1. The van der Waals surface area contributed by atoms with Crippen molar-refractivity contribution < 1.29 is 0 Å². The second-order valence-corrected chi connectivity index (χ2v) is 5.83. The largest absolute Gasteiger partial charge is 0.359 e. The van der Waals surface area contributed by atoms with Gasteiger partial charge in [-0.1, -0.05) is 33.1 Å². The van der Waals surface area contributed by atoms with Crippen molar-refractivity contribution in [2.75, 3.05) is 26.2 Å². The van der Waals surface area contributed by atoms with E-state index in [9.17, 15) is 0 Å². The summed E-state index contributed by atoms with van der Waals surface area (Å²) in [6, 6.07) is 0.684. The van der Waals surface area contributed by atoms with Crippen molar-refractivity contribution in [3.8, 4) is 0 Å². The third-order valence-electron chi connectivity index (χ3n) is 4.82. The smallest absolute Gasteiger partial charge is 0.0990 e. The van der Waals surface area contributed by atoms with E-state index in [1.54, 1.807) is 0 Å². The van der Waals surface area contributed by atoms with Gasteiger partial charge in [0.2, 0.25) is 0 Å². The highest BCUT2D eigenvalue weighted by Crippen LogP contribution is 2.27. The Morgan fingerprint density at radius 1 is 1.11 bits per heavy atom. The summed E-state index contributed by atoms with van der Waals surface area (Å²) >= 11 is 0. The molecule has 2 rings (SSSR count). The van der Waals surface area contributed by atoms with Crippen molar-refractivity contribution >= 4 is 5.84 Å². The molecule has 1 aliphatic carbocycles. The second-order valence-electron chi connectivity index (χ2n) is 5.83. The van der Waals surface area contributed by atoms with Crippen LogP contribution in [0.3, 0.4) is 0 Å². The fourth-order valence-electron chi connectivity index (χ4n) is 3.63. The minimum absolute atomic E-state index is 0.564. The third-order valence-corrected chi connectivity index (χ3v) is 4.82. The Balaban J connectivity index is 1.85. The molecule has 1 atom stereocenters. The van der Waals surface area contributed by atoms with Gasteiger partial charge in [0.05, 0.1) is 5.84 Å². The standard InChI is InChI=1S/C15H29N3/c1-3-17(4-2)14-10-11-18(12-14)15(16)13-8-6-5-7-9-13/h13-14,16H,3-12H2,1-2H3. The maximum Gasteiger partial charge on any atom is 0.0990 e. The average Bonchev–Trinajstić information content (AvgIpc) is 2.90. The quantitative estimate of drug-likeness (QED) is 0.615. The van der Waals surface area contributed by atoms with Gasteiger partial charge in [-0.3, -0.25) is 10.3 Å². The first-order valence-corrected chi connectivity index (χ1v) is 7.83. The van der Waals surface area contributed by atoms with Crippen molar-refractivity contribution in [3.05, 3.63) is 0 Å². The van der Waals surface area contributed by atoms with Crippen LogP contribution in [0.2, 0.25) is 0 Å². The van der Waals surface area contributed by atoms with Crippen molar-refractivity contribution in [2.45, 2.75) is 58.4 Å². The highest BCUT2D eigenvalue weighted by molar-refractivity contribution is 5.82. The second kappa shape index (κ2) is 6.55. The van der Waals surface area contributed by atoms with Gasteiger partial charge in [0.25, 0.3) is 0 Å². The summed E-state index contributed by atoms with van der Waals surface area (Å²) in [5, 5.41) is 8.43. The van der Waals surface area contributed by atoms with Gasteiger partial charge in [0, 0.05) is 25.0 Å². The first kappa shape index (κ1) is 13.9. The number of rotatable bonds is 4. The Morgan fingerprint density at radius 2 is 1.78 bits per heavy atom. The van der Waals surface area contributed by atoms with E-state index in [0.717, 1.165) is 32.0 Å². The fraction of sp³-hybridized carbons (Fsp3) is 0.933. The van der Waals surface area contributed by atoms with Gasteiger partial charge >= 0.3 is 0 Å². The van der Waals surface area contributed by atoms with E-state index in [2.05, 4.69) is 23.6 Å². The van der Waals surface area contributed by atoms with Crippen LogP contribution < -0.4 is 0 Å². The molecule has 1 saturated carbocycles. The molecule has 0 aromatic carbocycles. The molecule has 0 aromatic rings. The van der Waals surface area contributed by atoms with Gasteiger partial charge in [-0.25, -0.2) is 0 Å². The van der Waals surface area contributed by atoms with Crippen LogP contribution in [0.4, 0.5) is 0 Å². The van der Waals surface area contributed by atoms with E-state index in [-0.39, 0.29) is 0 Å². The number of nitrogens with zero attached hydrogens (tertiary/aromatic N) is 2. The summed E-state index contributed by atoms with van der Waals surface area (Å²) in [5.41, 5.74) is 0. The maximum absolute atomic E-state index is 8.43. The van der Waals surface area contributed by atoms with Crippen molar-refractivity contribution in [3.63, 3.8) is 0 Å². The minimum atomic E-state index is 0.564. The van der Waals surface area contributed by atoms with Crippen LogP contribution in [0.25, 0.3) is 0 Å². The molecule has 0 bridgehead atoms. The first-order chi connectivity index (χ1) is 8.76. The maximum atomic E-state index is 8.43. The topological polar surface area (TPSA) is 30.3 Å². The average molecular weight is 251 g/mol. The van der Waals surface area contributed by atoms with E-state index < -0.39 is 0 Å². The first-order valence-electron chi connectivity index (χ1n) is 7.83. The summed E-state index contributed by atoms with van der Waals surface area (Å²) in [6.45, 7) is 8.99. The molecule has 0 amide bonds. The number of hydrogen-bond acceptors (Lipinski definition) is 2. The zero-order valence-electron chi connectivity index (χ0n) is 12.1. The number of amidine groups is 1. The van der Waals surface area contributed by atoms with E-state index in [1.807, 2.05) is 0 Å². The van der Waals surface area contributed by atoms with Gasteiger partial charge in [-0.15, -0.1) is 0 Å². The summed E-state index contributed by atoms with van der Waals surface area (Å²) in [5.74, 6) is 1.51. The lowest BCUT2D eigenvalue weighted by Crippen LogP contribution is -2.40. The number of likely N-dealkylation sites (tertiary alicyclic amines) is 1. The summed E-state index contributed by atoms with van der Waals surface area (Å²) < 4.78 is 0. The van der Waals surface area contributed by atoms with Gasteiger partial charge in [0.1, 0.15) is 0 Å². The summed E-state index contributed by atoms with van der Waals surface area (Å²) in [6.07, 6.45) is 7.81. The van der Waals surface area contributed by atoms with Crippen LogP contribution in [0, 0.1) is 11.3 Å². The predicted molar refractivity (Wildman–Crippen MR) is 77.2 cm³/mol. The zero-order valence-corrected chi connectivity index (χ0v) is 12.1. The molecule has 1 unspecified atom stereocenters. The molecular weight excluding hydrogens is 222 g/mol. The van der Waals surface area contributed by atoms with Crippen LogP contribution in [0.15, 0.2) is 0 Å². The molecule has 0 spiro atoms. The monoisotopic (exact) mass is 251 g/mol. The molecule has 0 radical (unpaired) electrons. The Morgan fingerprint density at radius 3 is 2.39 bits per heavy atom. The lowest BCUT2D eigenvalue weighted by molar-refractivity contribution is 0.222. The lowest BCUT2D eigenvalue weighted by atomic mass is 9.88. The lowest BCUT2D eigenvalue weighted by Gasteiger charge is -2.30. The third kappa shape index (κ3) is 3.05. The fourth-order valence-corrected chi connectivity index (χ4v) is 3.63. The minimum Gasteiger partial charge on any atom is -0.359 e. The molecule has 2 aliphatic rings. The van der Waals surface area contributed by atoms with E-state index in [0.29, 0.717) is 12.0 Å². The van der Waals surface area contributed by atoms with Crippen molar-refractivity contribution in [1.82, 2.24) is 9.80 Å². The van der Waals surface area contributed by atoms with Gasteiger partial charge in [0.15, 0.2) is 0 Å². The van der Waals surface area contributed by atoms with Gasteiger partial charge in [-0.05, 0) is 32.4 Å². The Labute approximate surface area is 112 Å². The van der Waals surface area contributed by atoms with Gasteiger partial charge < -0.3 is 4.90 Å².